The van der Waals surface area contributed by atoms with Gasteiger partial charge in [0.15, 0.2) is 0 Å². The van der Waals surface area contributed by atoms with E-state index in [1.807, 2.05) is 84.9 Å². The lowest BCUT2D eigenvalue weighted by molar-refractivity contribution is -0.141. The molecule has 0 saturated heterocycles. The number of carbonyl (C=O) groups is 2. The largest absolute Gasteiger partial charge is 0.497 e. The molecule has 0 aliphatic heterocycles. The molecule has 3 rings (SSSR count). The lowest BCUT2D eigenvalue weighted by Gasteiger charge is -2.32. The van der Waals surface area contributed by atoms with Gasteiger partial charge in [-0.15, -0.1) is 0 Å². The molecule has 0 saturated carbocycles. The molecule has 5 heteroatoms. The predicted molar refractivity (Wildman–Crippen MR) is 135 cm³/mol. The molecule has 1 atom stereocenters. The Morgan fingerprint density at radius 3 is 2.15 bits per heavy atom. The molecule has 0 bridgehead atoms. The number of nitrogens with zero attached hydrogens (tertiary/aromatic N) is 1. The summed E-state index contributed by atoms with van der Waals surface area (Å²) in [6.45, 7) is 3.01. The van der Waals surface area contributed by atoms with Crippen LogP contribution >= 0.6 is 0 Å². The molecule has 0 aliphatic rings. The number of nitrogens with one attached hydrogen (secondary N) is 1. The van der Waals surface area contributed by atoms with Crippen molar-refractivity contribution in [1.29, 1.82) is 0 Å². The Balaban J connectivity index is 1.90. The fourth-order valence-corrected chi connectivity index (χ4v) is 3.88. The summed E-state index contributed by atoms with van der Waals surface area (Å²) in [6, 6.07) is 26.4. The lowest BCUT2D eigenvalue weighted by Crippen LogP contribution is -2.43. The van der Waals surface area contributed by atoms with Gasteiger partial charge in [-0.1, -0.05) is 86.1 Å². The van der Waals surface area contributed by atoms with Crippen molar-refractivity contribution in [2.75, 3.05) is 13.7 Å². The highest BCUT2D eigenvalue weighted by molar-refractivity contribution is 5.88. The first kappa shape index (κ1) is 25.0. The van der Waals surface area contributed by atoms with Crippen LogP contribution in [0.25, 0.3) is 0 Å². The van der Waals surface area contributed by atoms with E-state index in [0.29, 0.717) is 25.9 Å². The number of rotatable bonds is 12. The molecule has 2 amide bonds. The third kappa shape index (κ3) is 7.20. The summed E-state index contributed by atoms with van der Waals surface area (Å²) in [4.78, 5) is 28.7. The van der Waals surface area contributed by atoms with Gasteiger partial charge in [0.05, 0.1) is 7.11 Å². The van der Waals surface area contributed by atoms with Crippen LogP contribution in [0.15, 0.2) is 84.9 Å². The first-order chi connectivity index (χ1) is 16.6. The Morgan fingerprint density at radius 2 is 1.53 bits per heavy atom. The Kier molecular flexibility index (Phi) is 9.71. The number of hydrogen-bond acceptors (Lipinski definition) is 3. The van der Waals surface area contributed by atoms with Crippen molar-refractivity contribution in [2.45, 2.75) is 45.2 Å². The highest BCUT2D eigenvalue weighted by atomic mass is 16.5. The molecule has 34 heavy (non-hydrogen) atoms. The number of amides is 2. The fraction of sp³-hybridized carbons (Fsp3) is 0.310. The van der Waals surface area contributed by atoms with Crippen LogP contribution in [0.4, 0.5) is 0 Å². The van der Waals surface area contributed by atoms with Gasteiger partial charge in [-0.3, -0.25) is 9.59 Å². The third-order valence-electron chi connectivity index (χ3n) is 5.81. The SMILES string of the molecule is CCCCNC(=O)[C@@H](c1ccccc1)N(Cc1ccc(OC)cc1)C(=O)CCc1ccccc1. The van der Waals surface area contributed by atoms with Crippen LogP contribution in [-0.2, 0) is 22.6 Å². The van der Waals surface area contributed by atoms with Crippen molar-refractivity contribution in [3.63, 3.8) is 0 Å². The summed E-state index contributed by atoms with van der Waals surface area (Å²) in [5.41, 5.74) is 2.85. The van der Waals surface area contributed by atoms with Crippen molar-refractivity contribution < 1.29 is 14.3 Å². The highest BCUT2D eigenvalue weighted by Gasteiger charge is 2.31. The maximum atomic E-state index is 13.6. The highest BCUT2D eigenvalue weighted by Crippen LogP contribution is 2.26. The Morgan fingerprint density at radius 1 is 0.882 bits per heavy atom. The monoisotopic (exact) mass is 458 g/mol. The molecule has 0 heterocycles. The molecule has 0 radical (unpaired) electrons. The van der Waals surface area contributed by atoms with Crippen LogP contribution in [0.2, 0.25) is 0 Å². The van der Waals surface area contributed by atoms with E-state index in [-0.39, 0.29) is 11.8 Å². The van der Waals surface area contributed by atoms with Crippen molar-refractivity contribution in [3.8, 4) is 5.75 Å². The fourth-order valence-electron chi connectivity index (χ4n) is 3.88. The number of hydrogen-bond donors (Lipinski definition) is 1. The second-order valence-electron chi connectivity index (χ2n) is 8.31. The smallest absolute Gasteiger partial charge is 0.247 e. The van der Waals surface area contributed by atoms with Gasteiger partial charge in [-0.05, 0) is 41.7 Å². The molecule has 0 aromatic heterocycles. The van der Waals surface area contributed by atoms with Gasteiger partial charge in [0.1, 0.15) is 11.8 Å². The maximum absolute atomic E-state index is 13.6. The van der Waals surface area contributed by atoms with Crippen LogP contribution < -0.4 is 10.1 Å². The van der Waals surface area contributed by atoms with Crippen molar-refractivity contribution in [2.24, 2.45) is 0 Å². The molecule has 0 spiro atoms. The van der Waals surface area contributed by atoms with E-state index in [4.69, 9.17) is 4.74 Å². The Hall–Kier alpha value is -3.60. The maximum Gasteiger partial charge on any atom is 0.247 e. The molecule has 0 fully saturated rings. The molecule has 1 N–H and O–H groups in total. The zero-order chi connectivity index (χ0) is 24.2. The van der Waals surface area contributed by atoms with E-state index >= 15 is 0 Å². The lowest BCUT2D eigenvalue weighted by atomic mass is 10.0. The van der Waals surface area contributed by atoms with E-state index in [1.54, 1.807) is 12.0 Å². The van der Waals surface area contributed by atoms with E-state index in [1.165, 1.54) is 0 Å². The molecular weight excluding hydrogens is 424 g/mol. The molecular formula is C29H34N2O3. The van der Waals surface area contributed by atoms with E-state index in [9.17, 15) is 9.59 Å². The van der Waals surface area contributed by atoms with Gasteiger partial charge in [-0.25, -0.2) is 0 Å². The first-order valence-electron chi connectivity index (χ1n) is 11.9. The second-order valence-corrected chi connectivity index (χ2v) is 8.31. The molecule has 3 aromatic carbocycles. The summed E-state index contributed by atoms with van der Waals surface area (Å²) < 4.78 is 5.27. The van der Waals surface area contributed by atoms with Gasteiger partial charge in [0.25, 0.3) is 0 Å². The van der Waals surface area contributed by atoms with Gasteiger partial charge in [0.2, 0.25) is 11.8 Å². The van der Waals surface area contributed by atoms with Gasteiger partial charge in [0, 0.05) is 19.5 Å². The van der Waals surface area contributed by atoms with Gasteiger partial charge >= 0.3 is 0 Å². The number of ether oxygens (including phenoxy) is 1. The topological polar surface area (TPSA) is 58.6 Å². The van der Waals surface area contributed by atoms with Crippen molar-refractivity contribution in [1.82, 2.24) is 10.2 Å². The summed E-state index contributed by atoms with van der Waals surface area (Å²) in [5.74, 6) is 0.544. The second kappa shape index (κ2) is 13.2. The minimum absolute atomic E-state index is 0.0563. The summed E-state index contributed by atoms with van der Waals surface area (Å²) in [6.07, 6.45) is 2.83. The minimum Gasteiger partial charge on any atom is -0.497 e. The molecule has 3 aromatic rings. The van der Waals surface area contributed by atoms with Crippen LogP contribution in [0, 0.1) is 0 Å². The molecule has 0 unspecified atom stereocenters. The number of unbranched alkanes of at least 4 members (excludes halogenated alkanes) is 1. The van der Waals surface area contributed by atoms with Crippen LogP contribution in [0.5, 0.6) is 5.75 Å². The molecule has 0 aliphatic carbocycles. The zero-order valence-corrected chi connectivity index (χ0v) is 20.1. The van der Waals surface area contributed by atoms with Crippen LogP contribution in [0.1, 0.15) is 48.9 Å². The normalized spacial score (nSPS) is 11.5. The Labute approximate surface area is 202 Å². The average molecular weight is 459 g/mol. The van der Waals surface area contributed by atoms with E-state index in [0.717, 1.165) is 35.3 Å². The van der Waals surface area contributed by atoms with Gasteiger partial charge in [-0.2, -0.15) is 0 Å². The number of carbonyl (C=O) groups excluding carboxylic acids is 2. The van der Waals surface area contributed by atoms with Crippen molar-refractivity contribution >= 4 is 11.8 Å². The predicted octanol–water partition coefficient (Wildman–Crippen LogP) is 5.31. The van der Waals surface area contributed by atoms with E-state index < -0.39 is 6.04 Å². The van der Waals surface area contributed by atoms with Crippen molar-refractivity contribution in [3.05, 3.63) is 102 Å². The van der Waals surface area contributed by atoms with Crippen LogP contribution in [0.3, 0.4) is 0 Å². The standard InChI is InChI=1S/C29H34N2O3/c1-3-4-21-30-29(33)28(25-13-9-6-10-14-25)31(22-24-15-18-26(34-2)19-16-24)27(32)20-17-23-11-7-5-8-12-23/h5-16,18-19,28H,3-4,17,20-22H2,1-2H3,(H,30,33)/t28-/m1/s1. The third-order valence-corrected chi connectivity index (χ3v) is 5.81. The van der Waals surface area contributed by atoms with Crippen LogP contribution in [-0.4, -0.2) is 30.4 Å². The molecule has 5 nitrogen and oxygen atoms in total. The minimum atomic E-state index is -0.705. The van der Waals surface area contributed by atoms with E-state index in [2.05, 4.69) is 12.2 Å². The summed E-state index contributed by atoms with van der Waals surface area (Å²) >= 11 is 0. The quantitative estimate of drug-likeness (QED) is 0.374. The Bertz CT molecular complexity index is 1020. The number of benzene rings is 3. The number of aryl methyl sites for hydroxylation is 1. The average Bonchev–Trinajstić information content (AvgIpc) is 2.88. The zero-order valence-electron chi connectivity index (χ0n) is 20.1. The molecule has 178 valence electrons. The summed E-state index contributed by atoms with van der Waals surface area (Å²) in [7, 11) is 1.63. The number of methoxy groups -OCH3 is 1. The first-order valence-corrected chi connectivity index (χ1v) is 11.9. The summed E-state index contributed by atoms with van der Waals surface area (Å²) in [5, 5.41) is 3.04. The van der Waals surface area contributed by atoms with Gasteiger partial charge < -0.3 is 15.0 Å².